The van der Waals surface area contributed by atoms with Gasteiger partial charge in [0.2, 0.25) is 0 Å². The average molecular weight is 287 g/mol. The Morgan fingerprint density at radius 2 is 2.10 bits per heavy atom. The van der Waals surface area contributed by atoms with Crippen LogP contribution >= 0.6 is 0 Å². The fourth-order valence-electron chi connectivity index (χ4n) is 2.17. The zero-order chi connectivity index (χ0) is 15.4. The number of nitrogens with zero attached hydrogens (tertiary/aromatic N) is 5. The van der Waals surface area contributed by atoms with E-state index in [1.165, 1.54) is 0 Å². The molecule has 2 N–H and O–H groups in total. The number of benzene rings is 1. The minimum Gasteiger partial charge on any atom is -0.390 e. The van der Waals surface area contributed by atoms with E-state index in [1.54, 1.807) is 22.9 Å². The number of aliphatic hydroxyl groups is 2. The first-order valence-electron chi connectivity index (χ1n) is 6.53. The van der Waals surface area contributed by atoms with Gasteiger partial charge in [-0.15, -0.1) is 0 Å². The normalized spacial score (nSPS) is 13.5. The van der Waals surface area contributed by atoms with Gasteiger partial charge < -0.3 is 10.2 Å². The lowest BCUT2D eigenvalue weighted by molar-refractivity contribution is 0.0244. The molecule has 21 heavy (non-hydrogen) atoms. The predicted molar refractivity (Wildman–Crippen MR) is 78.0 cm³/mol. The van der Waals surface area contributed by atoms with Crippen molar-refractivity contribution in [2.45, 2.75) is 26.1 Å². The maximum Gasteiger partial charge on any atom is 0.105 e. The molecule has 0 aliphatic rings. The lowest BCUT2D eigenvalue weighted by Crippen LogP contribution is -2.21. The molecule has 0 aliphatic heterocycles. The summed E-state index contributed by atoms with van der Waals surface area (Å²) in [6.07, 6.45) is -2.26. The van der Waals surface area contributed by atoms with Crippen molar-refractivity contribution in [3.8, 4) is 5.69 Å². The number of rotatable bonds is 5. The molecule has 1 aromatic carbocycles. The van der Waals surface area contributed by atoms with Gasteiger partial charge in [0.25, 0.3) is 0 Å². The van der Waals surface area contributed by atoms with E-state index in [4.69, 9.17) is 5.53 Å². The summed E-state index contributed by atoms with van der Waals surface area (Å²) in [6.45, 7) is 3.67. The lowest BCUT2D eigenvalue weighted by Gasteiger charge is -2.17. The smallest absolute Gasteiger partial charge is 0.105 e. The molecule has 0 fully saturated rings. The summed E-state index contributed by atoms with van der Waals surface area (Å²) in [6, 6.07) is 9.07. The number of hydrogen-bond acceptors (Lipinski definition) is 4. The van der Waals surface area contributed by atoms with Gasteiger partial charge >= 0.3 is 0 Å². The van der Waals surface area contributed by atoms with E-state index in [1.807, 2.05) is 26.0 Å². The van der Waals surface area contributed by atoms with Crippen LogP contribution in [-0.4, -0.2) is 32.6 Å². The summed E-state index contributed by atoms with van der Waals surface area (Å²) < 4.78 is 1.77. The van der Waals surface area contributed by atoms with Gasteiger partial charge in [0.05, 0.1) is 24.0 Å². The highest BCUT2D eigenvalue weighted by Gasteiger charge is 2.18. The molecule has 0 spiro atoms. The zero-order valence-corrected chi connectivity index (χ0v) is 11.9. The molecule has 1 aromatic heterocycles. The molecule has 0 saturated carbocycles. The van der Waals surface area contributed by atoms with Crippen LogP contribution in [0.25, 0.3) is 16.1 Å². The average Bonchev–Trinajstić information content (AvgIpc) is 2.82. The first kappa shape index (κ1) is 15.1. The molecular formula is C14H17N5O2. The Morgan fingerprint density at radius 3 is 2.71 bits per heavy atom. The molecule has 2 aromatic rings. The van der Waals surface area contributed by atoms with E-state index < -0.39 is 12.2 Å². The van der Waals surface area contributed by atoms with Crippen molar-refractivity contribution >= 4 is 0 Å². The number of aliphatic hydroxyl groups excluding tert-OH is 2. The van der Waals surface area contributed by atoms with Gasteiger partial charge in [-0.3, -0.25) is 0 Å². The lowest BCUT2D eigenvalue weighted by atomic mass is 10.0. The van der Waals surface area contributed by atoms with Crippen LogP contribution in [0.1, 0.15) is 23.1 Å². The van der Waals surface area contributed by atoms with E-state index in [9.17, 15) is 10.2 Å². The third-order valence-electron chi connectivity index (χ3n) is 3.16. The molecular weight excluding hydrogens is 270 g/mol. The Kier molecular flexibility index (Phi) is 4.59. The predicted octanol–water partition coefficient (Wildman–Crippen LogP) is 2.19. The number of hydrogen-bond donors (Lipinski definition) is 2. The van der Waals surface area contributed by atoms with E-state index in [0.29, 0.717) is 5.56 Å². The van der Waals surface area contributed by atoms with Gasteiger partial charge in [-0.1, -0.05) is 17.2 Å². The highest BCUT2D eigenvalue weighted by atomic mass is 16.3. The molecule has 2 rings (SSSR count). The van der Waals surface area contributed by atoms with Crippen molar-refractivity contribution in [3.05, 3.63) is 57.7 Å². The molecule has 7 nitrogen and oxygen atoms in total. The summed E-state index contributed by atoms with van der Waals surface area (Å²) >= 11 is 0. The molecule has 1 heterocycles. The van der Waals surface area contributed by atoms with Crippen LogP contribution in [0.2, 0.25) is 0 Å². The quantitative estimate of drug-likeness (QED) is 0.500. The molecule has 2 atom stereocenters. The molecule has 0 bridgehead atoms. The molecule has 7 heteroatoms. The van der Waals surface area contributed by atoms with Crippen molar-refractivity contribution in [2.75, 3.05) is 6.54 Å². The van der Waals surface area contributed by atoms with Crippen molar-refractivity contribution in [1.82, 2.24) is 9.78 Å². The summed E-state index contributed by atoms with van der Waals surface area (Å²) in [7, 11) is 0. The largest absolute Gasteiger partial charge is 0.390 e. The van der Waals surface area contributed by atoms with Crippen LogP contribution < -0.4 is 0 Å². The number of aryl methyl sites for hydroxylation is 2. The standard InChI is InChI=1S/C14H17N5O2/c1-9-6-10(2)19(17-9)12-5-3-4-11(7-12)14(21)13(20)8-16-18-15/h3-7,13-14,20-21H,8H2,1-2H3. The summed E-state index contributed by atoms with van der Waals surface area (Å²) in [4.78, 5) is 2.57. The van der Waals surface area contributed by atoms with Crippen LogP contribution in [0.5, 0.6) is 0 Å². The van der Waals surface area contributed by atoms with Gasteiger partial charge in [-0.25, -0.2) is 4.68 Å². The van der Waals surface area contributed by atoms with E-state index in [2.05, 4.69) is 15.1 Å². The molecule has 2 unspecified atom stereocenters. The minimum absolute atomic E-state index is 0.179. The van der Waals surface area contributed by atoms with Crippen LogP contribution in [0, 0.1) is 13.8 Å². The van der Waals surface area contributed by atoms with Gasteiger partial charge in [-0.2, -0.15) is 5.10 Å². The Morgan fingerprint density at radius 1 is 1.33 bits per heavy atom. The maximum atomic E-state index is 10.1. The van der Waals surface area contributed by atoms with E-state index in [-0.39, 0.29) is 6.54 Å². The Labute approximate surface area is 122 Å². The van der Waals surface area contributed by atoms with E-state index >= 15 is 0 Å². The van der Waals surface area contributed by atoms with Gasteiger partial charge in [-0.05, 0) is 43.1 Å². The number of aromatic nitrogens is 2. The first-order valence-corrected chi connectivity index (χ1v) is 6.53. The third kappa shape index (κ3) is 3.41. The first-order chi connectivity index (χ1) is 10.0. The second-order valence-electron chi connectivity index (χ2n) is 4.86. The summed E-state index contributed by atoms with van der Waals surface area (Å²) in [5.74, 6) is 0. The third-order valence-corrected chi connectivity index (χ3v) is 3.16. The molecule has 0 saturated heterocycles. The van der Waals surface area contributed by atoms with Gasteiger partial charge in [0, 0.05) is 10.6 Å². The van der Waals surface area contributed by atoms with Gasteiger partial charge in [0.1, 0.15) is 6.10 Å². The summed E-state index contributed by atoms with van der Waals surface area (Å²) in [5, 5.41) is 27.5. The van der Waals surface area contributed by atoms with Crippen LogP contribution in [0.4, 0.5) is 0 Å². The Hall–Kier alpha value is -2.34. The zero-order valence-electron chi connectivity index (χ0n) is 11.9. The monoisotopic (exact) mass is 287 g/mol. The number of azide groups is 1. The van der Waals surface area contributed by atoms with Crippen LogP contribution in [0.15, 0.2) is 35.4 Å². The second-order valence-corrected chi connectivity index (χ2v) is 4.86. The fraction of sp³-hybridized carbons (Fsp3) is 0.357. The maximum absolute atomic E-state index is 10.1. The van der Waals surface area contributed by atoms with Crippen LogP contribution in [0.3, 0.4) is 0 Å². The van der Waals surface area contributed by atoms with Crippen LogP contribution in [-0.2, 0) is 0 Å². The van der Waals surface area contributed by atoms with Crippen molar-refractivity contribution in [1.29, 1.82) is 0 Å². The fourth-order valence-corrected chi connectivity index (χ4v) is 2.17. The van der Waals surface area contributed by atoms with Gasteiger partial charge in [0.15, 0.2) is 0 Å². The van der Waals surface area contributed by atoms with Crippen molar-refractivity contribution in [2.24, 2.45) is 5.11 Å². The van der Waals surface area contributed by atoms with E-state index in [0.717, 1.165) is 17.1 Å². The summed E-state index contributed by atoms with van der Waals surface area (Å²) in [5.41, 5.74) is 11.5. The topological polar surface area (TPSA) is 107 Å². The van der Waals surface area contributed by atoms with Crippen molar-refractivity contribution < 1.29 is 10.2 Å². The molecule has 110 valence electrons. The molecule has 0 radical (unpaired) electrons. The Balaban J connectivity index is 2.29. The highest BCUT2D eigenvalue weighted by Crippen LogP contribution is 2.21. The Bertz CT molecular complexity index is 676. The SMILES string of the molecule is Cc1cc(C)n(-c2cccc(C(O)C(O)CN=[N+]=[N-])c2)n1. The molecule has 0 aliphatic carbocycles. The minimum atomic E-state index is -1.14. The van der Waals surface area contributed by atoms with Crippen molar-refractivity contribution in [3.63, 3.8) is 0 Å². The highest BCUT2D eigenvalue weighted by molar-refractivity contribution is 5.38. The molecule has 0 amide bonds. The second kappa shape index (κ2) is 6.41.